The summed E-state index contributed by atoms with van der Waals surface area (Å²) in [6.07, 6.45) is -0.0795. The van der Waals surface area contributed by atoms with Gasteiger partial charge in [-0.2, -0.15) is 0 Å². The number of hydrogen-bond donors (Lipinski definition) is 1. The van der Waals surface area contributed by atoms with Crippen molar-refractivity contribution in [3.8, 4) is 0 Å². The van der Waals surface area contributed by atoms with Crippen LogP contribution in [-0.4, -0.2) is 85.6 Å². The van der Waals surface area contributed by atoms with Gasteiger partial charge in [0, 0.05) is 44.4 Å². The van der Waals surface area contributed by atoms with E-state index in [1.807, 2.05) is 44.2 Å². The zero-order valence-electron chi connectivity index (χ0n) is 15.5. The molecule has 1 aromatic carbocycles. The van der Waals surface area contributed by atoms with E-state index in [0.29, 0.717) is 38.4 Å². The van der Waals surface area contributed by atoms with Gasteiger partial charge in [0.25, 0.3) is 5.91 Å². The Morgan fingerprint density at radius 1 is 1.40 bits per heavy atom. The Hall–Kier alpha value is -1.47. The van der Waals surface area contributed by atoms with E-state index in [4.69, 9.17) is 9.47 Å². The highest BCUT2D eigenvalue weighted by Gasteiger charge is 2.32. The van der Waals surface area contributed by atoms with Crippen molar-refractivity contribution in [2.24, 2.45) is 0 Å². The van der Waals surface area contributed by atoms with Crippen LogP contribution in [0.2, 0.25) is 0 Å². The molecule has 1 fully saturated rings. The molecule has 0 aromatic heterocycles. The molecular weight excluding hydrogens is 320 g/mol. The van der Waals surface area contributed by atoms with Crippen LogP contribution in [0.25, 0.3) is 0 Å². The zero-order valence-corrected chi connectivity index (χ0v) is 15.5. The summed E-state index contributed by atoms with van der Waals surface area (Å²) in [5.74, 6) is -0.0141. The lowest BCUT2D eigenvalue weighted by Crippen LogP contribution is -2.57. The maximum Gasteiger partial charge on any atom is 0.254 e. The van der Waals surface area contributed by atoms with Gasteiger partial charge in [-0.25, -0.2) is 0 Å². The first-order valence-electron chi connectivity index (χ1n) is 8.78. The number of morpholine rings is 1. The Morgan fingerprint density at radius 2 is 2.12 bits per heavy atom. The highest BCUT2D eigenvalue weighted by Crippen LogP contribution is 2.19. The van der Waals surface area contributed by atoms with Gasteiger partial charge in [0.15, 0.2) is 0 Å². The number of amides is 1. The van der Waals surface area contributed by atoms with Gasteiger partial charge in [-0.3, -0.25) is 9.69 Å². The number of benzene rings is 1. The summed E-state index contributed by atoms with van der Waals surface area (Å²) >= 11 is 0. The second-order valence-electron chi connectivity index (χ2n) is 7.02. The molecule has 0 unspecified atom stereocenters. The van der Waals surface area contributed by atoms with Crippen molar-refractivity contribution in [3.63, 3.8) is 0 Å². The third-order valence-electron chi connectivity index (χ3n) is 4.68. The van der Waals surface area contributed by atoms with Crippen LogP contribution in [0.3, 0.4) is 0 Å². The number of methoxy groups -OCH3 is 1. The van der Waals surface area contributed by atoms with Crippen molar-refractivity contribution in [2.45, 2.75) is 25.5 Å². The number of aliphatic hydroxyl groups excluding tert-OH is 1. The van der Waals surface area contributed by atoms with E-state index < -0.39 is 0 Å². The maximum atomic E-state index is 12.8. The lowest BCUT2D eigenvalue weighted by molar-refractivity contribution is -0.0803. The second-order valence-corrected chi connectivity index (χ2v) is 7.02. The van der Waals surface area contributed by atoms with Crippen LogP contribution < -0.4 is 0 Å². The van der Waals surface area contributed by atoms with E-state index >= 15 is 0 Å². The van der Waals surface area contributed by atoms with Gasteiger partial charge < -0.3 is 19.5 Å². The number of rotatable bonds is 8. The molecule has 6 heteroatoms. The molecule has 1 N–H and O–H groups in total. The quantitative estimate of drug-likeness (QED) is 0.764. The normalized spacial score (nSPS) is 19.0. The molecule has 1 heterocycles. The van der Waals surface area contributed by atoms with Gasteiger partial charge in [0.05, 0.1) is 25.9 Å². The largest absolute Gasteiger partial charge is 0.394 e. The SMILES string of the molecule is COCCN(C[C@H]1CN(C(C)(C)CO)CCO1)C(=O)c1ccccc1. The Morgan fingerprint density at radius 3 is 2.76 bits per heavy atom. The topological polar surface area (TPSA) is 62.2 Å². The fourth-order valence-electron chi connectivity index (χ4n) is 2.97. The van der Waals surface area contributed by atoms with E-state index in [1.165, 1.54) is 0 Å². The number of hydrogen-bond acceptors (Lipinski definition) is 5. The summed E-state index contributed by atoms with van der Waals surface area (Å²) in [6, 6.07) is 9.28. The molecule has 0 bridgehead atoms. The van der Waals surface area contributed by atoms with Gasteiger partial charge >= 0.3 is 0 Å². The van der Waals surface area contributed by atoms with Crippen LogP contribution >= 0.6 is 0 Å². The standard InChI is InChI=1S/C19H30N2O4/c1-19(2,15-22)21-10-12-25-17(14-21)13-20(9-11-24-3)18(23)16-7-5-4-6-8-16/h4-8,17,22H,9-15H2,1-3H3/t17-/m0/s1. The maximum absolute atomic E-state index is 12.8. The van der Waals surface area contributed by atoms with Crippen LogP contribution in [-0.2, 0) is 9.47 Å². The summed E-state index contributed by atoms with van der Waals surface area (Å²) in [7, 11) is 1.63. The lowest BCUT2D eigenvalue weighted by Gasteiger charge is -2.43. The minimum atomic E-state index is -0.289. The predicted molar refractivity (Wildman–Crippen MR) is 96.7 cm³/mol. The second kappa shape index (κ2) is 9.29. The molecule has 1 saturated heterocycles. The first-order chi connectivity index (χ1) is 12.0. The van der Waals surface area contributed by atoms with Crippen LogP contribution in [0.1, 0.15) is 24.2 Å². The fourth-order valence-corrected chi connectivity index (χ4v) is 2.97. The highest BCUT2D eigenvalue weighted by atomic mass is 16.5. The molecular formula is C19H30N2O4. The minimum Gasteiger partial charge on any atom is -0.394 e. The van der Waals surface area contributed by atoms with E-state index in [0.717, 1.165) is 6.54 Å². The van der Waals surface area contributed by atoms with Crippen molar-refractivity contribution in [1.29, 1.82) is 0 Å². The fraction of sp³-hybridized carbons (Fsp3) is 0.632. The van der Waals surface area contributed by atoms with Gasteiger partial charge in [0.2, 0.25) is 0 Å². The van der Waals surface area contributed by atoms with Crippen molar-refractivity contribution in [3.05, 3.63) is 35.9 Å². The third-order valence-corrected chi connectivity index (χ3v) is 4.68. The van der Waals surface area contributed by atoms with Crippen molar-refractivity contribution < 1.29 is 19.4 Å². The molecule has 1 aliphatic rings. The van der Waals surface area contributed by atoms with Crippen LogP contribution in [0, 0.1) is 0 Å². The number of aliphatic hydroxyl groups is 1. The summed E-state index contributed by atoms with van der Waals surface area (Å²) < 4.78 is 11.0. The van der Waals surface area contributed by atoms with Gasteiger partial charge in [0.1, 0.15) is 0 Å². The van der Waals surface area contributed by atoms with Crippen LogP contribution in [0.15, 0.2) is 30.3 Å². The van der Waals surface area contributed by atoms with E-state index in [2.05, 4.69) is 4.90 Å². The molecule has 1 aromatic rings. The average Bonchev–Trinajstić information content (AvgIpc) is 2.65. The lowest BCUT2D eigenvalue weighted by atomic mass is 10.0. The van der Waals surface area contributed by atoms with Gasteiger partial charge in [-0.1, -0.05) is 18.2 Å². The summed E-state index contributed by atoms with van der Waals surface area (Å²) in [4.78, 5) is 16.8. The van der Waals surface area contributed by atoms with E-state index in [1.54, 1.807) is 12.0 Å². The molecule has 25 heavy (non-hydrogen) atoms. The predicted octanol–water partition coefficient (Wildman–Crippen LogP) is 1.25. The van der Waals surface area contributed by atoms with Crippen LogP contribution in [0.4, 0.5) is 0 Å². The van der Waals surface area contributed by atoms with Crippen molar-refractivity contribution in [2.75, 3.05) is 53.1 Å². The molecule has 0 aliphatic carbocycles. The molecule has 2 rings (SSSR count). The third kappa shape index (κ3) is 5.51. The van der Waals surface area contributed by atoms with Crippen molar-refractivity contribution in [1.82, 2.24) is 9.80 Å². The summed E-state index contributed by atoms with van der Waals surface area (Å²) in [6.45, 7) is 7.73. The number of nitrogens with zero attached hydrogens (tertiary/aromatic N) is 2. The van der Waals surface area contributed by atoms with Crippen molar-refractivity contribution >= 4 is 5.91 Å². The smallest absolute Gasteiger partial charge is 0.254 e. The summed E-state index contributed by atoms with van der Waals surface area (Å²) in [5.41, 5.74) is 0.380. The molecule has 1 aliphatic heterocycles. The van der Waals surface area contributed by atoms with E-state index in [-0.39, 0.29) is 24.2 Å². The molecule has 1 amide bonds. The number of ether oxygens (including phenoxy) is 2. The zero-order chi connectivity index (χ0) is 18.3. The number of carbonyl (C=O) groups is 1. The minimum absolute atomic E-state index is 0.0141. The first-order valence-corrected chi connectivity index (χ1v) is 8.78. The monoisotopic (exact) mass is 350 g/mol. The Bertz CT molecular complexity index is 535. The van der Waals surface area contributed by atoms with Crippen LogP contribution in [0.5, 0.6) is 0 Å². The van der Waals surface area contributed by atoms with E-state index in [9.17, 15) is 9.90 Å². The molecule has 6 nitrogen and oxygen atoms in total. The molecule has 0 saturated carbocycles. The number of carbonyl (C=O) groups excluding carboxylic acids is 1. The molecule has 0 radical (unpaired) electrons. The Labute approximate surface area is 150 Å². The average molecular weight is 350 g/mol. The summed E-state index contributed by atoms with van der Waals surface area (Å²) in [5, 5.41) is 9.60. The highest BCUT2D eigenvalue weighted by molar-refractivity contribution is 5.94. The molecule has 1 atom stereocenters. The molecule has 0 spiro atoms. The molecule has 140 valence electrons. The van der Waals surface area contributed by atoms with Gasteiger partial charge in [-0.05, 0) is 26.0 Å². The Kier molecular flexibility index (Phi) is 7.38. The Balaban J connectivity index is 2.04. The first kappa shape index (κ1) is 19.8. The van der Waals surface area contributed by atoms with Gasteiger partial charge in [-0.15, -0.1) is 0 Å².